The number of methoxy groups -OCH3 is 1. The Balaban J connectivity index is 1.65. The molecule has 0 aliphatic carbocycles. The van der Waals surface area contributed by atoms with Crippen LogP contribution >= 0.6 is 11.3 Å². The number of hydrogen-bond acceptors (Lipinski definition) is 7. The van der Waals surface area contributed by atoms with Crippen molar-refractivity contribution in [2.45, 2.75) is 26.0 Å². The Kier molecular flexibility index (Phi) is 4.94. The number of rotatable bonds is 5. The molecular weight excluding hydrogens is 381 g/mol. The summed E-state index contributed by atoms with van der Waals surface area (Å²) < 4.78 is 19.5. The van der Waals surface area contributed by atoms with E-state index in [0.717, 1.165) is 21.3 Å². The molecule has 4 heterocycles. The lowest BCUT2D eigenvalue weighted by molar-refractivity contribution is -0.0193. The first-order valence-electron chi connectivity index (χ1n) is 8.92. The molecule has 4 rings (SSSR count). The Morgan fingerprint density at radius 2 is 2.14 bits per heavy atom. The number of fused-ring (bicyclic) bond motifs is 1. The van der Waals surface area contributed by atoms with Crippen LogP contribution in [0.4, 0.5) is 10.3 Å². The van der Waals surface area contributed by atoms with Crippen molar-refractivity contribution in [2.24, 2.45) is 0 Å². The van der Waals surface area contributed by atoms with E-state index < -0.39 is 5.82 Å². The van der Waals surface area contributed by atoms with Crippen LogP contribution in [0, 0.1) is 12.7 Å². The molecule has 0 aromatic carbocycles. The standard InChI is InChI=1S/C19H20FN5O2S/c1-10-4-15-17(28-10)16(18(26)25-8-14(9-25)27-3)24-19(23-15)22-11(2)12-5-13(20)7-21-6-12/h4-7,11,14H,8-9H2,1-3H3,(H,22,23,24)/t11-/m0/s1. The molecule has 1 N–H and O–H groups in total. The van der Waals surface area contributed by atoms with Crippen molar-refractivity contribution in [3.05, 3.63) is 46.5 Å². The van der Waals surface area contributed by atoms with Crippen LogP contribution in [0.15, 0.2) is 24.5 Å². The predicted molar refractivity (Wildman–Crippen MR) is 105 cm³/mol. The number of nitrogens with zero attached hydrogens (tertiary/aromatic N) is 4. The van der Waals surface area contributed by atoms with Crippen molar-refractivity contribution in [3.63, 3.8) is 0 Å². The van der Waals surface area contributed by atoms with Crippen molar-refractivity contribution in [3.8, 4) is 0 Å². The highest BCUT2D eigenvalue weighted by Gasteiger charge is 2.33. The third kappa shape index (κ3) is 3.55. The highest BCUT2D eigenvalue weighted by molar-refractivity contribution is 7.19. The third-order valence-electron chi connectivity index (χ3n) is 4.74. The van der Waals surface area contributed by atoms with E-state index in [9.17, 15) is 9.18 Å². The molecule has 0 saturated carbocycles. The molecule has 0 unspecified atom stereocenters. The van der Waals surface area contributed by atoms with Crippen molar-refractivity contribution in [1.29, 1.82) is 0 Å². The molecule has 1 atom stereocenters. The average Bonchev–Trinajstić information content (AvgIpc) is 3.00. The largest absolute Gasteiger partial charge is 0.378 e. The number of halogens is 1. The SMILES string of the molecule is COC1CN(C(=O)c2nc(N[C@@H](C)c3cncc(F)c3)nc3cc(C)sc23)C1. The maximum atomic E-state index is 13.5. The predicted octanol–water partition coefficient (Wildman–Crippen LogP) is 3.18. The molecule has 1 saturated heterocycles. The van der Waals surface area contributed by atoms with Crippen molar-refractivity contribution >= 4 is 33.4 Å². The summed E-state index contributed by atoms with van der Waals surface area (Å²) in [6.45, 7) is 4.95. The number of hydrogen-bond donors (Lipinski definition) is 1. The Hall–Kier alpha value is -2.65. The Morgan fingerprint density at radius 3 is 2.86 bits per heavy atom. The summed E-state index contributed by atoms with van der Waals surface area (Å²) in [6.07, 6.45) is 2.82. The van der Waals surface area contributed by atoms with E-state index in [1.54, 1.807) is 18.2 Å². The molecule has 0 radical (unpaired) electrons. The van der Waals surface area contributed by atoms with Crippen LogP contribution in [-0.4, -0.2) is 52.1 Å². The van der Waals surface area contributed by atoms with Crippen LogP contribution in [0.1, 0.15) is 33.9 Å². The van der Waals surface area contributed by atoms with Crippen molar-refractivity contribution in [2.75, 3.05) is 25.5 Å². The summed E-state index contributed by atoms with van der Waals surface area (Å²) in [4.78, 5) is 28.6. The molecule has 1 aliphatic heterocycles. The quantitative estimate of drug-likeness (QED) is 0.707. The molecular formula is C19H20FN5O2S. The summed E-state index contributed by atoms with van der Waals surface area (Å²) in [6, 6.07) is 3.08. The second-order valence-corrected chi connectivity index (χ2v) is 8.09. The summed E-state index contributed by atoms with van der Waals surface area (Å²) in [7, 11) is 1.64. The third-order valence-corrected chi connectivity index (χ3v) is 5.78. The molecule has 3 aromatic heterocycles. The van der Waals surface area contributed by atoms with E-state index in [-0.39, 0.29) is 18.1 Å². The summed E-state index contributed by atoms with van der Waals surface area (Å²) in [5, 5.41) is 3.16. The lowest BCUT2D eigenvalue weighted by atomic mass is 10.1. The number of pyridine rings is 1. The zero-order chi connectivity index (χ0) is 19.8. The van der Waals surface area contributed by atoms with E-state index in [1.807, 2.05) is 19.9 Å². The summed E-state index contributed by atoms with van der Waals surface area (Å²) in [5.41, 5.74) is 1.77. The molecule has 146 valence electrons. The van der Waals surface area contributed by atoms with Gasteiger partial charge in [0.05, 0.1) is 28.6 Å². The van der Waals surface area contributed by atoms with E-state index in [2.05, 4.69) is 20.3 Å². The molecule has 1 fully saturated rings. The van der Waals surface area contributed by atoms with Gasteiger partial charge in [-0.25, -0.2) is 14.4 Å². The maximum Gasteiger partial charge on any atom is 0.274 e. The van der Waals surface area contributed by atoms with Gasteiger partial charge >= 0.3 is 0 Å². The maximum absolute atomic E-state index is 13.5. The monoisotopic (exact) mass is 401 g/mol. The average molecular weight is 401 g/mol. The second kappa shape index (κ2) is 7.40. The minimum absolute atomic E-state index is 0.0736. The minimum atomic E-state index is -0.405. The number of ether oxygens (including phenoxy) is 1. The first kappa shape index (κ1) is 18.7. The van der Waals surface area contributed by atoms with Crippen molar-refractivity contribution in [1.82, 2.24) is 19.9 Å². The Labute approximate surface area is 165 Å². The molecule has 9 heteroatoms. The van der Waals surface area contributed by atoms with Crippen LogP contribution in [0.3, 0.4) is 0 Å². The van der Waals surface area contributed by atoms with Gasteiger partial charge in [-0.2, -0.15) is 0 Å². The second-order valence-electron chi connectivity index (χ2n) is 6.84. The molecule has 1 amide bonds. The highest BCUT2D eigenvalue weighted by Crippen LogP contribution is 2.30. The Bertz CT molecular complexity index is 1030. The number of anilines is 1. The van der Waals surface area contributed by atoms with Gasteiger partial charge in [0.1, 0.15) is 5.82 Å². The first-order chi connectivity index (χ1) is 13.4. The number of carbonyl (C=O) groups is 1. The van der Waals surface area contributed by atoms with Gasteiger partial charge in [-0.3, -0.25) is 9.78 Å². The van der Waals surface area contributed by atoms with Crippen LogP contribution in [0.2, 0.25) is 0 Å². The van der Waals surface area contributed by atoms with Gasteiger partial charge in [0.25, 0.3) is 5.91 Å². The van der Waals surface area contributed by atoms with Gasteiger partial charge in [0.2, 0.25) is 5.95 Å². The van der Waals surface area contributed by atoms with E-state index in [4.69, 9.17) is 4.74 Å². The molecule has 0 bridgehead atoms. The Morgan fingerprint density at radius 1 is 1.36 bits per heavy atom. The number of nitrogens with one attached hydrogen (secondary N) is 1. The number of aryl methyl sites for hydroxylation is 1. The fraction of sp³-hybridized carbons (Fsp3) is 0.368. The smallest absolute Gasteiger partial charge is 0.274 e. The lowest BCUT2D eigenvalue weighted by Gasteiger charge is -2.37. The number of likely N-dealkylation sites (tertiary alicyclic amines) is 1. The number of aromatic nitrogens is 3. The number of thiophene rings is 1. The van der Waals surface area contributed by atoms with Crippen LogP contribution in [-0.2, 0) is 4.74 Å². The highest BCUT2D eigenvalue weighted by atomic mass is 32.1. The normalized spacial score (nSPS) is 15.5. The van der Waals surface area contributed by atoms with Crippen LogP contribution in [0.5, 0.6) is 0 Å². The fourth-order valence-electron chi connectivity index (χ4n) is 3.10. The van der Waals surface area contributed by atoms with Gasteiger partial charge in [-0.15, -0.1) is 11.3 Å². The molecule has 7 nitrogen and oxygen atoms in total. The van der Waals surface area contributed by atoms with Gasteiger partial charge in [0.15, 0.2) is 5.69 Å². The lowest BCUT2D eigenvalue weighted by Crippen LogP contribution is -2.54. The molecule has 0 spiro atoms. The van der Waals surface area contributed by atoms with E-state index >= 15 is 0 Å². The minimum Gasteiger partial charge on any atom is -0.378 e. The number of carbonyl (C=O) groups excluding carboxylic acids is 1. The van der Waals surface area contributed by atoms with E-state index in [1.165, 1.54) is 17.4 Å². The zero-order valence-electron chi connectivity index (χ0n) is 15.8. The van der Waals surface area contributed by atoms with Crippen LogP contribution < -0.4 is 5.32 Å². The van der Waals surface area contributed by atoms with Crippen LogP contribution in [0.25, 0.3) is 10.2 Å². The molecule has 28 heavy (non-hydrogen) atoms. The zero-order valence-corrected chi connectivity index (χ0v) is 16.6. The van der Waals surface area contributed by atoms with Gasteiger partial charge in [-0.1, -0.05) is 0 Å². The van der Waals surface area contributed by atoms with Gasteiger partial charge in [0, 0.05) is 31.3 Å². The van der Waals surface area contributed by atoms with E-state index in [0.29, 0.717) is 30.3 Å². The van der Waals surface area contributed by atoms with Gasteiger partial charge in [-0.05, 0) is 31.5 Å². The number of amides is 1. The van der Waals surface area contributed by atoms with Crippen molar-refractivity contribution < 1.29 is 13.9 Å². The topological polar surface area (TPSA) is 80.2 Å². The molecule has 3 aromatic rings. The summed E-state index contributed by atoms with van der Waals surface area (Å²) >= 11 is 1.50. The first-order valence-corrected chi connectivity index (χ1v) is 9.73. The summed E-state index contributed by atoms with van der Waals surface area (Å²) in [5.74, 6) is -0.211. The fourth-order valence-corrected chi connectivity index (χ4v) is 4.03. The molecule has 1 aliphatic rings. The van der Waals surface area contributed by atoms with Gasteiger partial charge < -0.3 is 15.0 Å².